The van der Waals surface area contributed by atoms with Crippen LogP contribution in [0.2, 0.25) is 0 Å². The molecule has 0 saturated carbocycles. The van der Waals surface area contributed by atoms with Crippen molar-refractivity contribution in [1.29, 1.82) is 0 Å². The Kier molecular flexibility index (Phi) is 4.76. The standard InChI is InChI=1S/C12H14F2N2O2/c1-7(2)11(17)15-8-4-3-5-9(6-8)16-12(18)10(13)14/h3-7,10H,1-2H3,(H,15,17)(H,16,18). The molecule has 0 spiro atoms. The van der Waals surface area contributed by atoms with Crippen molar-refractivity contribution in [3.05, 3.63) is 24.3 Å². The molecular formula is C12H14F2N2O2. The van der Waals surface area contributed by atoms with Crippen LogP contribution in [0, 0.1) is 5.92 Å². The van der Waals surface area contributed by atoms with E-state index < -0.39 is 12.3 Å². The van der Waals surface area contributed by atoms with Crippen LogP contribution in [0.4, 0.5) is 20.2 Å². The number of hydrogen-bond acceptors (Lipinski definition) is 2. The molecule has 4 nitrogen and oxygen atoms in total. The van der Waals surface area contributed by atoms with Crippen LogP contribution in [0.25, 0.3) is 0 Å². The van der Waals surface area contributed by atoms with Crippen LogP contribution in [0.15, 0.2) is 24.3 Å². The average molecular weight is 256 g/mol. The summed E-state index contributed by atoms with van der Waals surface area (Å²) in [5.41, 5.74) is 0.655. The van der Waals surface area contributed by atoms with Crippen LogP contribution in [0.5, 0.6) is 0 Å². The molecule has 0 atom stereocenters. The SMILES string of the molecule is CC(C)C(=O)Nc1cccc(NC(=O)C(F)F)c1. The smallest absolute Gasteiger partial charge is 0.315 e. The van der Waals surface area contributed by atoms with E-state index in [1.807, 2.05) is 5.32 Å². The van der Waals surface area contributed by atoms with Crippen molar-refractivity contribution in [1.82, 2.24) is 0 Å². The van der Waals surface area contributed by atoms with E-state index in [9.17, 15) is 18.4 Å². The third-order valence-electron chi connectivity index (χ3n) is 2.12. The van der Waals surface area contributed by atoms with Crippen molar-refractivity contribution in [2.24, 2.45) is 5.92 Å². The average Bonchev–Trinajstić information content (AvgIpc) is 2.29. The molecule has 0 radical (unpaired) electrons. The van der Waals surface area contributed by atoms with Crippen LogP contribution in [-0.2, 0) is 9.59 Å². The van der Waals surface area contributed by atoms with Gasteiger partial charge in [-0.1, -0.05) is 19.9 Å². The van der Waals surface area contributed by atoms with Gasteiger partial charge in [0.2, 0.25) is 5.91 Å². The van der Waals surface area contributed by atoms with Crippen LogP contribution in [-0.4, -0.2) is 18.2 Å². The van der Waals surface area contributed by atoms with E-state index in [1.54, 1.807) is 26.0 Å². The van der Waals surface area contributed by atoms with Crippen LogP contribution in [0.3, 0.4) is 0 Å². The van der Waals surface area contributed by atoms with E-state index in [0.717, 1.165) is 0 Å². The Morgan fingerprint density at radius 2 is 1.56 bits per heavy atom. The topological polar surface area (TPSA) is 58.2 Å². The van der Waals surface area contributed by atoms with Gasteiger partial charge in [-0.05, 0) is 18.2 Å². The number of rotatable bonds is 4. The molecule has 2 amide bonds. The summed E-state index contributed by atoms with van der Waals surface area (Å²) in [6, 6.07) is 6.04. The molecule has 0 unspecified atom stereocenters. The van der Waals surface area contributed by atoms with E-state index in [-0.39, 0.29) is 17.5 Å². The highest BCUT2D eigenvalue weighted by Gasteiger charge is 2.15. The molecule has 2 N–H and O–H groups in total. The van der Waals surface area contributed by atoms with Gasteiger partial charge in [0.15, 0.2) is 0 Å². The number of halogens is 2. The van der Waals surface area contributed by atoms with Crippen molar-refractivity contribution in [2.45, 2.75) is 20.3 Å². The lowest BCUT2D eigenvalue weighted by molar-refractivity contribution is -0.126. The molecule has 1 aromatic carbocycles. The maximum atomic E-state index is 12.0. The number of carbonyl (C=O) groups is 2. The molecule has 0 saturated heterocycles. The zero-order chi connectivity index (χ0) is 13.7. The van der Waals surface area contributed by atoms with E-state index in [1.165, 1.54) is 12.1 Å². The number of amides is 2. The summed E-state index contributed by atoms with van der Waals surface area (Å²) in [5.74, 6) is -1.75. The predicted molar refractivity (Wildman–Crippen MR) is 64.5 cm³/mol. The lowest BCUT2D eigenvalue weighted by atomic mass is 10.2. The van der Waals surface area contributed by atoms with Crippen LogP contribution in [0.1, 0.15) is 13.8 Å². The number of carbonyl (C=O) groups excluding carboxylic acids is 2. The van der Waals surface area contributed by atoms with Crippen molar-refractivity contribution in [3.63, 3.8) is 0 Å². The summed E-state index contributed by atoms with van der Waals surface area (Å²) >= 11 is 0. The van der Waals surface area contributed by atoms with Gasteiger partial charge in [-0.15, -0.1) is 0 Å². The summed E-state index contributed by atoms with van der Waals surface area (Å²) < 4.78 is 24.1. The predicted octanol–water partition coefficient (Wildman–Crippen LogP) is 2.48. The highest BCUT2D eigenvalue weighted by Crippen LogP contribution is 2.16. The molecule has 0 aromatic heterocycles. The minimum Gasteiger partial charge on any atom is -0.326 e. The van der Waals surface area contributed by atoms with Gasteiger partial charge in [-0.3, -0.25) is 9.59 Å². The fraction of sp³-hybridized carbons (Fsp3) is 0.333. The fourth-order valence-corrected chi connectivity index (χ4v) is 1.16. The molecule has 1 rings (SSSR count). The zero-order valence-corrected chi connectivity index (χ0v) is 10.0. The Labute approximate surface area is 103 Å². The van der Waals surface area contributed by atoms with Gasteiger partial charge in [-0.2, -0.15) is 8.78 Å². The summed E-state index contributed by atoms with van der Waals surface area (Å²) in [7, 11) is 0. The van der Waals surface area contributed by atoms with E-state index in [2.05, 4.69) is 5.32 Å². The van der Waals surface area contributed by atoms with Gasteiger partial charge in [0.25, 0.3) is 5.91 Å². The first-order chi connectivity index (χ1) is 8.40. The molecule has 6 heteroatoms. The number of nitrogens with one attached hydrogen (secondary N) is 2. The van der Waals surface area contributed by atoms with Gasteiger partial charge in [0.1, 0.15) is 0 Å². The maximum absolute atomic E-state index is 12.0. The highest BCUT2D eigenvalue weighted by atomic mass is 19.3. The highest BCUT2D eigenvalue weighted by molar-refractivity contribution is 5.95. The number of hydrogen-bond donors (Lipinski definition) is 2. The van der Waals surface area contributed by atoms with Gasteiger partial charge in [0, 0.05) is 17.3 Å². The summed E-state index contributed by atoms with van der Waals surface area (Å²) in [4.78, 5) is 22.2. The Hall–Kier alpha value is -1.98. The molecule has 1 aromatic rings. The quantitative estimate of drug-likeness (QED) is 0.869. The molecule has 0 aliphatic rings. The molecule has 18 heavy (non-hydrogen) atoms. The minimum atomic E-state index is -3.07. The Morgan fingerprint density at radius 1 is 1.06 bits per heavy atom. The first kappa shape index (κ1) is 14.1. The van der Waals surface area contributed by atoms with Gasteiger partial charge in [0.05, 0.1) is 0 Å². The summed E-state index contributed by atoms with van der Waals surface area (Å²) in [6.45, 7) is 3.47. The lowest BCUT2D eigenvalue weighted by Crippen LogP contribution is -2.20. The second-order valence-corrected chi connectivity index (χ2v) is 4.01. The van der Waals surface area contributed by atoms with Crippen molar-refractivity contribution in [2.75, 3.05) is 10.6 Å². The van der Waals surface area contributed by atoms with Gasteiger partial charge in [-0.25, -0.2) is 0 Å². The molecule has 0 aliphatic carbocycles. The van der Waals surface area contributed by atoms with Crippen molar-refractivity contribution >= 4 is 23.2 Å². The van der Waals surface area contributed by atoms with Crippen molar-refractivity contribution < 1.29 is 18.4 Å². The maximum Gasteiger partial charge on any atom is 0.315 e. The summed E-state index contributed by atoms with van der Waals surface area (Å²) in [5, 5.41) is 4.65. The van der Waals surface area contributed by atoms with E-state index >= 15 is 0 Å². The second kappa shape index (κ2) is 6.09. The van der Waals surface area contributed by atoms with Crippen molar-refractivity contribution in [3.8, 4) is 0 Å². The normalized spacial score (nSPS) is 10.6. The Bertz CT molecular complexity index is 410. The molecule has 0 aliphatic heterocycles. The molecular weight excluding hydrogens is 242 g/mol. The van der Waals surface area contributed by atoms with Gasteiger partial charge < -0.3 is 10.6 Å². The molecule has 0 heterocycles. The largest absolute Gasteiger partial charge is 0.326 e. The van der Waals surface area contributed by atoms with Gasteiger partial charge >= 0.3 is 6.43 Å². The molecule has 0 bridgehead atoms. The monoisotopic (exact) mass is 256 g/mol. The van der Waals surface area contributed by atoms with Crippen LogP contribution < -0.4 is 10.6 Å². The first-order valence-corrected chi connectivity index (χ1v) is 5.40. The Balaban J connectivity index is 2.74. The number of alkyl halides is 2. The summed E-state index contributed by atoms with van der Waals surface area (Å²) in [6.07, 6.45) is -3.07. The Morgan fingerprint density at radius 3 is 2.00 bits per heavy atom. The minimum absolute atomic E-state index is 0.188. The van der Waals surface area contributed by atoms with E-state index in [4.69, 9.17) is 0 Å². The molecule has 0 fully saturated rings. The zero-order valence-electron chi connectivity index (χ0n) is 10.0. The molecule has 98 valence electrons. The fourth-order valence-electron chi connectivity index (χ4n) is 1.16. The number of benzene rings is 1. The lowest BCUT2D eigenvalue weighted by Gasteiger charge is -2.10. The second-order valence-electron chi connectivity index (χ2n) is 4.01. The van der Waals surface area contributed by atoms with Crippen LogP contribution >= 0.6 is 0 Å². The third-order valence-corrected chi connectivity index (χ3v) is 2.12. The number of anilines is 2. The first-order valence-electron chi connectivity index (χ1n) is 5.40. The van der Waals surface area contributed by atoms with E-state index in [0.29, 0.717) is 5.69 Å². The third kappa shape index (κ3) is 4.12.